The van der Waals surface area contributed by atoms with Crippen LogP contribution in [0.5, 0.6) is 11.5 Å². The Labute approximate surface area is 164 Å². The van der Waals surface area contributed by atoms with Crippen LogP contribution in [0.1, 0.15) is 42.1 Å². The number of allylic oxidation sites excluding steroid dienone is 1. The predicted octanol–water partition coefficient (Wildman–Crippen LogP) is 3.31. The van der Waals surface area contributed by atoms with Crippen LogP contribution in [0.15, 0.2) is 18.2 Å². The van der Waals surface area contributed by atoms with E-state index < -0.39 is 12.1 Å². The smallest absolute Gasteiger partial charge is 0.342 e. The van der Waals surface area contributed by atoms with Crippen LogP contribution < -0.4 is 9.47 Å². The SMILES string of the molecule is COc1cc(OC)c2c(c1Cl)C[C@@H](O)/C=C/CC[C@@H]1O[C@@H]1C[C@@H](C)OC2=O. The van der Waals surface area contributed by atoms with Gasteiger partial charge >= 0.3 is 5.97 Å². The van der Waals surface area contributed by atoms with E-state index in [4.69, 9.17) is 30.5 Å². The van der Waals surface area contributed by atoms with E-state index in [1.165, 1.54) is 14.2 Å². The molecule has 0 aliphatic carbocycles. The lowest BCUT2D eigenvalue weighted by atomic mass is 9.98. The van der Waals surface area contributed by atoms with Crippen molar-refractivity contribution >= 4 is 17.6 Å². The summed E-state index contributed by atoms with van der Waals surface area (Å²) in [5.74, 6) is 0.135. The minimum atomic E-state index is -0.804. The number of rotatable bonds is 2. The second kappa shape index (κ2) is 8.50. The van der Waals surface area contributed by atoms with Gasteiger partial charge in [0.05, 0.1) is 37.6 Å². The number of methoxy groups -OCH3 is 2. The maximum atomic E-state index is 12.9. The third-order valence-corrected chi connectivity index (χ3v) is 5.30. The van der Waals surface area contributed by atoms with E-state index in [2.05, 4.69) is 0 Å². The van der Waals surface area contributed by atoms with Gasteiger partial charge in [0.2, 0.25) is 0 Å². The summed E-state index contributed by atoms with van der Waals surface area (Å²) in [6, 6.07) is 1.55. The molecule has 0 amide bonds. The van der Waals surface area contributed by atoms with Crippen LogP contribution in [0, 0.1) is 0 Å². The highest BCUT2D eigenvalue weighted by atomic mass is 35.5. The number of fused-ring (bicyclic) bond motifs is 2. The molecular formula is C20H25ClO6. The molecule has 3 rings (SSSR count). The monoisotopic (exact) mass is 396 g/mol. The van der Waals surface area contributed by atoms with E-state index in [0.29, 0.717) is 23.5 Å². The number of esters is 1. The van der Waals surface area contributed by atoms with Gasteiger partial charge in [0.25, 0.3) is 0 Å². The van der Waals surface area contributed by atoms with Gasteiger partial charge in [-0.05, 0) is 25.3 Å². The molecule has 1 saturated heterocycles. The maximum Gasteiger partial charge on any atom is 0.342 e. The number of halogens is 1. The predicted molar refractivity (Wildman–Crippen MR) is 101 cm³/mol. The highest BCUT2D eigenvalue weighted by molar-refractivity contribution is 6.33. The van der Waals surface area contributed by atoms with E-state index >= 15 is 0 Å². The van der Waals surface area contributed by atoms with Crippen molar-refractivity contribution in [3.8, 4) is 11.5 Å². The first-order chi connectivity index (χ1) is 12.9. The number of carbonyl (C=O) groups excluding carboxylic acids is 1. The van der Waals surface area contributed by atoms with Gasteiger partial charge in [0.1, 0.15) is 23.2 Å². The molecule has 4 atom stereocenters. The summed E-state index contributed by atoms with van der Waals surface area (Å²) in [5, 5.41) is 10.7. The quantitative estimate of drug-likeness (QED) is 0.469. The van der Waals surface area contributed by atoms with Crippen molar-refractivity contribution < 1.29 is 28.8 Å². The van der Waals surface area contributed by atoms with Crippen LogP contribution in [0.2, 0.25) is 5.02 Å². The molecule has 1 fully saturated rings. The number of carbonyl (C=O) groups is 1. The number of aliphatic hydroxyl groups excluding tert-OH is 1. The molecule has 2 aliphatic rings. The summed E-state index contributed by atoms with van der Waals surface area (Å²) in [5.41, 5.74) is 0.660. The first kappa shape index (κ1) is 20.0. The van der Waals surface area contributed by atoms with E-state index in [1.54, 1.807) is 12.1 Å². The van der Waals surface area contributed by atoms with Crippen LogP contribution >= 0.6 is 11.6 Å². The zero-order valence-electron chi connectivity index (χ0n) is 15.7. The fourth-order valence-electron chi connectivity index (χ4n) is 3.44. The summed E-state index contributed by atoms with van der Waals surface area (Å²) in [7, 11) is 2.95. The molecule has 0 spiro atoms. The van der Waals surface area contributed by atoms with Crippen molar-refractivity contribution in [3.63, 3.8) is 0 Å². The number of ether oxygens (including phenoxy) is 4. The molecule has 7 heteroatoms. The van der Waals surface area contributed by atoms with E-state index in [1.807, 2.05) is 13.0 Å². The molecule has 2 aliphatic heterocycles. The van der Waals surface area contributed by atoms with Crippen LogP contribution in [-0.2, 0) is 15.9 Å². The van der Waals surface area contributed by atoms with Gasteiger partial charge in [-0.15, -0.1) is 0 Å². The molecule has 0 aromatic heterocycles. The summed E-state index contributed by atoms with van der Waals surface area (Å²) in [4.78, 5) is 12.9. The Hall–Kier alpha value is -1.76. The summed E-state index contributed by atoms with van der Waals surface area (Å²) < 4.78 is 21.9. The van der Waals surface area contributed by atoms with E-state index in [-0.39, 0.29) is 35.3 Å². The first-order valence-corrected chi connectivity index (χ1v) is 9.46. The van der Waals surface area contributed by atoms with Gasteiger partial charge in [-0.2, -0.15) is 0 Å². The van der Waals surface area contributed by atoms with Crippen molar-refractivity contribution in [2.45, 2.75) is 57.0 Å². The third kappa shape index (κ3) is 4.57. The third-order valence-electron chi connectivity index (χ3n) is 4.89. The van der Waals surface area contributed by atoms with Gasteiger partial charge in [-0.1, -0.05) is 23.8 Å². The van der Waals surface area contributed by atoms with Crippen molar-refractivity contribution in [1.82, 2.24) is 0 Å². The second-order valence-electron chi connectivity index (χ2n) is 6.89. The highest BCUT2D eigenvalue weighted by Crippen LogP contribution is 2.39. The Morgan fingerprint density at radius 2 is 1.96 bits per heavy atom. The Bertz CT molecular complexity index is 732. The lowest BCUT2D eigenvalue weighted by molar-refractivity contribution is 0.0305. The van der Waals surface area contributed by atoms with Gasteiger partial charge in [0, 0.05) is 18.9 Å². The van der Waals surface area contributed by atoms with Gasteiger partial charge in [-0.25, -0.2) is 4.79 Å². The molecular weight excluding hydrogens is 372 g/mol. The molecule has 0 unspecified atom stereocenters. The zero-order valence-corrected chi connectivity index (χ0v) is 16.5. The van der Waals surface area contributed by atoms with Gasteiger partial charge < -0.3 is 24.1 Å². The Morgan fingerprint density at radius 1 is 1.22 bits per heavy atom. The lowest BCUT2D eigenvalue weighted by Gasteiger charge is -2.20. The first-order valence-electron chi connectivity index (χ1n) is 9.09. The number of benzene rings is 1. The number of aliphatic hydroxyl groups is 1. The number of epoxide rings is 1. The minimum absolute atomic E-state index is 0.106. The number of hydrogen-bond acceptors (Lipinski definition) is 6. The summed E-state index contributed by atoms with van der Waals surface area (Å²) in [6.07, 6.45) is 5.31. The van der Waals surface area contributed by atoms with Gasteiger partial charge in [-0.3, -0.25) is 0 Å². The molecule has 148 valence electrons. The molecule has 0 radical (unpaired) electrons. The van der Waals surface area contributed by atoms with Crippen LogP contribution in [0.4, 0.5) is 0 Å². The number of hydrogen-bond donors (Lipinski definition) is 1. The molecule has 0 bridgehead atoms. The molecule has 1 aromatic rings. The molecule has 0 saturated carbocycles. The van der Waals surface area contributed by atoms with Crippen molar-refractivity contribution in [2.75, 3.05) is 14.2 Å². The van der Waals surface area contributed by atoms with E-state index in [0.717, 1.165) is 12.8 Å². The van der Waals surface area contributed by atoms with Crippen LogP contribution in [-0.4, -0.2) is 49.7 Å². The fourth-order valence-corrected chi connectivity index (χ4v) is 3.74. The Kier molecular flexibility index (Phi) is 6.29. The minimum Gasteiger partial charge on any atom is -0.496 e. The van der Waals surface area contributed by atoms with E-state index in [9.17, 15) is 9.90 Å². The topological polar surface area (TPSA) is 77.5 Å². The largest absolute Gasteiger partial charge is 0.496 e. The lowest BCUT2D eigenvalue weighted by Crippen LogP contribution is -2.21. The average molecular weight is 397 g/mol. The molecule has 27 heavy (non-hydrogen) atoms. The Balaban J connectivity index is 2.02. The van der Waals surface area contributed by atoms with Crippen molar-refractivity contribution in [3.05, 3.63) is 34.4 Å². The van der Waals surface area contributed by atoms with Crippen LogP contribution in [0.25, 0.3) is 0 Å². The van der Waals surface area contributed by atoms with Crippen molar-refractivity contribution in [1.29, 1.82) is 0 Å². The fraction of sp³-hybridized carbons (Fsp3) is 0.550. The standard InChI is InChI=1S/C20H25ClO6/c1-11-8-15-14(27-15)7-5-4-6-12(22)9-13-18(20(23)26-11)16(24-2)10-17(25-3)19(13)21/h4,6,10-12,14-15,22H,5,7-9H2,1-3H3/b6-4+/t11-,12+,14+,15-/m1/s1. The van der Waals surface area contributed by atoms with Crippen molar-refractivity contribution in [2.24, 2.45) is 0 Å². The molecule has 6 nitrogen and oxygen atoms in total. The second-order valence-corrected chi connectivity index (χ2v) is 7.27. The average Bonchev–Trinajstić information content (AvgIpc) is 3.36. The number of cyclic esters (lactones) is 1. The summed E-state index contributed by atoms with van der Waals surface area (Å²) >= 11 is 6.46. The maximum absolute atomic E-state index is 12.9. The highest BCUT2D eigenvalue weighted by Gasteiger charge is 2.39. The summed E-state index contributed by atoms with van der Waals surface area (Å²) in [6.45, 7) is 1.84. The normalized spacial score (nSPS) is 29.6. The zero-order chi connectivity index (χ0) is 19.6. The van der Waals surface area contributed by atoms with Crippen LogP contribution in [0.3, 0.4) is 0 Å². The molecule has 1 aromatic carbocycles. The van der Waals surface area contributed by atoms with Gasteiger partial charge in [0.15, 0.2) is 0 Å². The Morgan fingerprint density at radius 3 is 2.67 bits per heavy atom. The molecule has 1 N–H and O–H groups in total. The molecule has 2 heterocycles.